The van der Waals surface area contributed by atoms with Crippen molar-refractivity contribution in [2.24, 2.45) is 0 Å². The van der Waals surface area contributed by atoms with Crippen molar-refractivity contribution >= 4 is 21.9 Å². The maximum atomic E-state index is 13.1. The molecule has 1 aromatic rings. The van der Waals surface area contributed by atoms with Gasteiger partial charge in [0.15, 0.2) is 0 Å². The van der Waals surface area contributed by atoms with Crippen molar-refractivity contribution in [1.29, 1.82) is 0 Å². The number of hydrogen-bond acceptors (Lipinski definition) is 2. The van der Waals surface area contributed by atoms with Crippen LogP contribution in [-0.4, -0.2) is 13.1 Å². The predicted molar refractivity (Wildman–Crippen MR) is 50.4 cm³/mol. The lowest BCUT2D eigenvalue weighted by Crippen LogP contribution is -2.11. The first-order valence-electron chi connectivity index (χ1n) is 3.92. The van der Waals surface area contributed by atoms with Crippen LogP contribution in [-0.2, 0) is 10.9 Å². The van der Waals surface area contributed by atoms with E-state index in [2.05, 4.69) is 20.7 Å². The molecule has 88 valence electrons. The number of carbonyl (C=O) groups excluding carboxylic acids is 1. The molecule has 7 heteroatoms. The van der Waals surface area contributed by atoms with Crippen LogP contribution < -0.4 is 0 Å². The third kappa shape index (κ3) is 2.52. The number of alkyl halides is 3. The topological polar surface area (TPSA) is 26.3 Å². The largest absolute Gasteiger partial charge is 0.465 e. The highest BCUT2D eigenvalue weighted by molar-refractivity contribution is 9.10. The number of rotatable bonds is 1. The minimum atomic E-state index is -4.86. The van der Waals surface area contributed by atoms with Crippen LogP contribution in [0.4, 0.5) is 17.6 Å². The summed E-state index contributed by atoms with van der Waals surface area (Å²) >= 11 is 2.60. The molecule has 0 heterocycles. The Morgan fingerprint density at radius 3 is 2.38 bits per heavy atom. The Hall–Kier alpha value is -1.11. The molecule has 16 heavy (non-hydrogen) atoms. The maximum absolute atomic E-state index is 13.1. The third-order valence-corrected chi connectivity index (χ3v) is 2.33. The van der Waals surface area contributed by atoms with Gasteiger partial charge in [-0.25, -0.2) is 9.18 Å². The summed E-state index contributed by atoms with van der Waals surface area (Å²) in [5, 5.41) is 0. The van der Waals surface area contributed by atoms with Crippen molar-refractivity contribution in [2.75, 3.05) is 7.11 Å². The first-order valence-corrected chi connectivity index (χ1v) is 4.71. The molecule has 0 unspecified atom stereocenters. The smallest absolute Gasteiger partial charge is 0.419 e. The fourth-order valence-electron chi connectivity index (χ4n) is 1.03. The van der Waals surface area contributed by atoms with Crippen molar-refractivity contribution in [3.63, 3.8) is 0 Å². The van der Waals surface area contributed by atoms with Gasteiger partial charge in [0.25, 0.3) is 0 Å². The van der Waals surface area contributed by atoms with Gasteiger partial charge >= 0.3 is 12.1 Å². The fraction of sp³-hybridized carbons (Fsp3) is 0.222. The first-order chi connectivity index (χ1) is 7.27. The third-order valence-electron chi connectivity index (χ3n) is 1.75. The van der Waals surface area contributed by atoms with Gasteiger partial charge in [-0.2, -0.15) is 13.2 Å². The molecule has 0 aliphatic rings. The highest BCUT2D eigenvalue weighted by Gasteiger charge is 2.36. The summed E-state index contributed by atoms with van der Waals surface area (Å²) in [4.78, 5) is 11.0. The Morgan fingerprint density at radius 1 is 1.38 bits per heavy atom. The van der Waals surface area contributed by atoms with E-state index in [4.69, 9.17) is 0 Å². The molecule has 0 spiro atoms. The van der Waals surface area contributed by atoms with Gasteiger partial charge in [0.2, 0.25) is 0 Å². The Balaban J connectivity index is 3.39. The zero-order valence-corrected chi connectivity index (χ0v) is 9.45. The van der Waals surface area contributed by atoms with Crippen molar-refractivity contribution in [3.05, 3.63) is 33.5 Å². The second-order valence-electron chi connectivity index (χ2n) is 2.81. The summed E-state index contributed by atoms with van der Waals surface area (Å²) in [5.41, 5.74) is -1.88. The van der Waals surface area contributed by atoms with Crippen molar-refractivity contribution in [1.82, 2.24) is 0 Å². The first kappa shape index (κ1) is 13.0. The molecule has 0 aliphatic heterocycles. The average molecular weight is 301 g/mol. The number of hydrogen-bond donors (Lipinski definition) is 0. The molecule has 2 nitrogen and oxygen atoms in total. The van der Waals surface area contributed by atoms with E-state index in [0.29, 0.717) is 6.07 Å². The van der Waals surface area contributed by atoms with Gasteiger partial charge in [0.05, 0.1) is 22.7 Å². The highest BCUT2D eigenvalue weighted by Crippen LogP contribution is 2.35. The fourth-order valence-corrected chi connectivity index (χ4v) is 1.49. The maximum Gasteiger partial charge on any atom is 0.419 e. The number of esters is 1. The minimum absolute atomic E-state index is 0.372. The Bertz CT molecular complexity index is 428. The molecule has 1 rings (SSSR count). The molecule has 0 bridgehead atoms. The molecule has 0 aromatic heterocycles. The van der Waals surface area contributed by atoms with E-state index in [0.717, 1.165) is 13.2 Å². The molecule has 0 atom stereocenters. The van der Waals surface area contributed by atoms with Crippen LogP contribution in [0.25, 0.3) is 0 Å². The molecule has 1 aromatic carbocycles. The van der Waals surface area contributed by atoms with Crippen LogP contribution in [0.5, 0.6) is 0 Å². The molecule has 0 amide bonds. The number of benzene rings is 1. The summed E-state index contributed by atoms with van der Waals surface area (Å²) in [6, 6.07) is 1.34. The van der Waals surface area contributed by atoms with Gasteiger partial charge in [0.1, 0.15) is 5.82 Å². The molecule has 0 fully saturated rings. The van der Waals surface area contributed by atoms with E-state index in [1.807, 2.05) is 0 Å². The number of ether oxygens (including phenoxy) is 1. The SMILES string of the molecule is COC(=O)c1cc(Br)c(F)c(C(F)(F)F)c1. The van der Waals surface area contributed by atoms with Gasteiger partial charge < -0.3 is 4.74 Å². The van der Waals surface area contributed by atoms with Crippen LogP contribution in [0.15, 0.2) is 16.6 Å². The average Bonchev–Trinajstić information content (AvgIpc) is 2.18. The predicted octanol–water partition coefficient (Wildman–Crippen LogP) is 3.39. The lowest BCUT2D eigenvalue weighted by molar-refractivity contribution is -0.140. The van der Waals surface area contributed by atoms with Gasteiger partial charge in [-0.15, -0.1) is 0 Å². The van der Waals surface area contributed by atoms with Crippen LogP contribution in [0.3, 0.4) is 0 Å². The van der Waals surface area contributed by atoms with Gasteiger partial charge in [-0.3, -0.25) is 0 Å². The molecular formula is C9H5BrF4O2. The molecule has 0 radical (unpaired) electrons. The Morgan fingerprint density at radius 2 is 1.94 bits per heavy atom. The van der Waals surface area contributed by atoms with Crippen molar-refractivity contribution in [3.8, 4) is 0 Å². The minimum Gasteiger partial charge on any atom is -0.465 e. The summed E-state index contributed by atoms with van der Waals surface area (Å²) in [7, 11) is 1.02. The number of carbonyl (C=O) groups is 1. The van der Waals surface area contributed by atoms with Crippen LogP contribution >= 0.6 is 15.9 Å². The monoisotopic (exact) mass is 300 g/mol. The highest BCUT2D eigenvalue weighted by atomic mass is 79.9. The summed E-state index contributed by atoms with van der Waals surface area (Å²) < 4.78 is 54.0. The molecular weight excluding hydrogens is 296 g/mol. The second kappa shape index (κ2) is 4.40. The molecule has 0 saturated carbocycles. The van der Waals surface area contributed by atoms with Crippen LogP contribution in [0.1, 0.15) is 15.9 Å². The van der Waals surface area contributed by atoms with Crippen molar-refractivity contribution < 1.29 is 27.1 Å². The van der Waals surface area contributed by atoms with Crippen LogP contribution in [0.2, 0.25) is 0 Å². The van der Waals surface area contributed by atoms with Gasteiger partial charge in [-0.1, -0.05) is 0 Å². The lowest BCUT2D eigenvalue weighted by atomic mass is 10.1. The summed E-state index contributed by atoms with van der Waals surface area (Å²) in [5.74, 6) is -2.42. The normalized spacial score (nSPS) is 11.4. The van der Waals surface area contributed by atoms with E-state index >= 15 is 0 Å². The van der Waals surface area contributed by atoms with Crippen molar-refractivity contribution in [2.45, 2.75) is 6.18 Å². The van der Waals surface area contributed by atoms with E-state index in [9.17, 15) is 22.4 Å². The van der Waals surface area contributed by atoms with E-state index in [-0.39, 0.29) is 5.56 Å². The molecule has 0 N–H and O–H groups in total. The molecule has 0 saturated heterocycles. The lowest BCUT2D eigenvalue weighted by Gasteiger charge is -2.10. The van der Waals surface area contributed by atoms with Gasteiger partial charge in [-0.05, 0) is 28.1 Å². The second-order valence-corrected chi connectivity index (χ2v) is 3.66. The quantitative estimate of drug-likeness (QED) is 0.587. The standard InChI is InChI=1S/C9H5BrF4O2/c1-16-8(15)4-2-5(9(12,13)14)7(11)6(10)3-4/h2-3H,1H3. The van der Waals surface area contributed by atoms with Gasteiger partial charge in [0, 0.05) is 0 Å². The van der Waals surface area contributed by atoms with E-state index in [1.165, 1.54) is 0 Å². The Labute approximate surface area is 96.3 Å². The number of halogens is 5. The molecule has 0 aliphatic carbocycles. The Kier molecular flexibility index (Phi) is 3.57. The zero-order chi connectivity index (χ0) is 12.5. The summed E-state index contributed by atoms with van der Waals surface area (Å²) in [6.07, 6.45) is -4.86. The van der Waals surface area contributed by atoms with E-state index < -0.39 is 28.0 Å². The van der Waals surface area contributed by atoms with Crippen LogP contribution in [0, 0.1) is 5.82 Å². The number of methoxy groups -OCH3 is 1. The summed E-state index contributed by atoms with van der Waals surface area (Å²) in [6.45, 7) is 0. The zero-order valence-electron chi connectivity index (χ0n) is 7.86. The van der Waals surface area contributed by atoms with E-state index in [1.54, 1.807) is 0 Å².